The van der Waals surface area contributed by atoms with Crippen LogP contribution in [0.1, 0.15) is 32.1 Å². The topological polar surface area (TPSA) is 66.4 Å². The highest BCUT2D eigenvalue weighted by Crippen LogP contribution is 2.27. The van der Waals surface area contributed by atoms with Crippen molar-refractivity contribution in [3.8, 4) is 0 Å². The van der Waals surface area contributed by atoms with Gasteiger partial charge in [-0.05, 0) is 25.0 Å². The van der Waals surface area contributed by atoms with E-state index in [1.165, 1.54) is 32.1 Å². The molecule has 1 aliphatic carbocycles. The second-order valence-corrected chi connectivity index (χ2v) is 9.05. The van der Waals surface area contributed by atoms with Crippen LogP contribution in [0.2, 0.25) is 0 Å². The summed E-state index contributed by atoms with van der Waals surface area (Å²) in [6.45, 7) is 2.78. The quantitative estimate of drug-likeness (QED) is 0.834. The van der Waals surface area contributed by atoms with Gasteiger partial charge in [-0.2, -0.15) is 13.1 Å². The molecule has 0 atom stereocenters. The minimum absolute atomic E-state index is 0.292. The van der Waals surface area contributed by atoms with Gasteiger partial charge >= 0.3 is 0 Å². The molecule has 24 heavy (non-hydrogen) atoms. The molecule has 2 aliphatic rings. The Labute approximate surface area is 146 Å². The molecule has 6 nitrogen and oxygen atoms in total. The summed E-state index contributed by atoms with van der Waals surface area (Å²) in [5.41, 5.74) is 1.15. The second-order valence-electron chi connectivity index (χ2n) is 6.62. The second kappa shape index (κ2) is 6.67. The third-order valence-corrected chi connectivity index (χ3v) is 7.70. The zero-order valence-electron chi connectivity index (χ0n) is 13.6. The smallest absolute Gasteiger partial charge is 0.245 e. The Morgan fingerprint density at radius 1 is 1.00 bits per heavy atom. The molecule has 0 N–H and O–H groups in total. The van der Waals surface area contributed by atoms with E-state index in [4.69, 9.17) is 0 Å². The monoisotopic (exact) mass is 366 g/mol. The first-order chi connectivity index (χ1) is 11.7. The average Bonchev–Trinajstić information content (AvgIpc) is 3.11. The molecule has 1 aliphatic heterocycles. The molecule has 1 aromatic heterocycles. The summed E-state index contributed by atoms with van der Waals surface area (Å²) in [5, 5.41) is 0. The number of piperazine rings is 1. The van der Waals surface area contributed by atoms with Crippen molar-refractivity contribution < 1.29 is 8.42 Å². The number of rotatable bonds is 3. The Hall–Kier alpha value is -1.09. The van der Waals surface area contributed by atoms with Gasteiger partial charge in [0.2, 0.25) is 10.0 Å². The zero-order valence-corrected chi connectivity index (χ0v) is 15.2. The van der Waals surface area contributed by atoms with Gasteiger partial charge in [-0.3, -0.25) is 4.90 Å². The van der Waals surface area contributed by atoms with Gasteiger partial charge in [-0.15, -0.1) is 0 Å². The minimum Gasteiger partial charge on any atom is -0.298 e. The van der Waals surface area contributed by atoms with Crippen LogP contribution in [0.15, 0.2) is 23.1 Å². The van der Waals surface area contributed by atoms with Crippen molar-refractivity contribution >= 4 is 32.8 Å². The van der Waals surface area contributed by atoms with E-state index in [1.54, 1.807) is 22.5 Å². The summed E-state index contributed by atoms with van der Waals surface area (Å²) in [7, 11) is -3.50. The van der Waals surface area contributed by atoms with E-state index in [-0.39, 0.29) is 0 Å². The Balaban J connectivity index is 1.51. The standard InChI is InChI=1S/C16H22N4O2S2/c21-24(22,15-8-4-7-14-16(15)18-23-17-14)20-11-9-19(10-12-20)13-5-2-1-3-6-13/h4,7-8,13H,1-3,5-6,9-12H2. The van der Waals surface area contributed by atoms with Crippen LogP contribution in [0, 0.1) is 0 Å². The van der Waals surface area contributed by atoms with Gasteiger partial charge in [0.1, 0.15) is 15.9 Å². The van der Waals surface area contributed by atoms with E-state index in [1.807, 2.05) is 0 Å². The first-order valence-corrected chi connectivity index (χ1v) is 10.8. The van der Waals surface area contributed by atoms with Crippen molar-refractivity contribution in [1.82, 2.24) is 18.0 Å². The molecule has 2 heterocycles. The lowest BCUT2D eigenvalue weighted by molar-refractivity contribution is 0.111. The number of hydrogen-bond donors (Lipinski definition) is 0. The molecule has 0 unspecified atom stereocenters. The predicted molar refractivity (Wildman–Crippen MR) is 94.6 cm³/mol. The van der Waals surface area contributed by atoms with Crippen molar-refractivity contribution in [2.45, 2.75) is 43.0 Å². The maximum Gasteiger partial charge on any atom is 0.245 e. The zero-order chi connectivity index (χ0) is 16.6. The number of nitrogens with zero attached hydrogens (tertiary/aromatic N) is 4. The first kappa shape index (κ1) is 16.4. The van der Waals surface area contributed by atoms with Crippen LogP contribution in [-0.2, 0) is 10.0 Å². The van der Waals surface area contributed by atoms with E-state index < -0.39 is 10.0 Å². The summed E-state index contributed by atoms with van der Waals surface area (Å²) in [5.74, 6) is 0. The van der Waals surface area contributed by atoms with E-state index in [0.717, 1.165) is 24.8 Å². The molecule has 0 amide bonds. The van der Waals surface area contributed by atoms with Crippen molar-refractivity contribution in [2.24, 2.45) is 0 Å². The Morgan fingerprint density at radius 3 is 2.50 bits per heavy atom. The lowest BCUT2D eigenvalue weighted by Gasteiger charge is -2.40. The molecule has 4 rings (SSSR count). The molecule has 1 saturated carbocycles. The van der Waals surface area contributed by atoms with Crippen LogP contribution < -0.4 is 0 Å². The van der Waals surface area contributed by atoms with E-state index in [0.29, 0.717) is 35.1 Å². The van der Waals surface area contributed by atoms with E-state index >= 15 is 0 Å². The highest BCUT2D eigenvalue weighted by molar-refractivity contribution is 7.89. The maximum atomic E-state index is 13.0. The van der Waals surface area contributed by atoms with Crippen LogP contribution in [-0.4, -0.2) is 58.6 Å². The van der Waals surface area contributed by atoms with Gasteiger partial charge in [0.25, 0.3) is 0 Å². The summed E-state index contributed by atoms with van der Waals surface area (Å²) in [4.78, 5) is 2.77. The number of sulfonamides is 1. The molecular formula is C16H22N4O2S2. The summed E-state index contributed by atoms with van der Waals surface area (Å²) in [6, 6.07) is 5.84. The lowest BCUT2D eigenvalue weighted by atomic mass is 9.94. The molecule has 1 saturated heterocycles. The highest BCUT2D eigenvalue weighted by atomic mass is 32.2. The summed E-state index contributed by atoms with van der Waals surface area (Å²) >= 11 is 1.06. The molecule has 2 aromatic rings. The van der Waals surface area contributed by atoms with Gasteiger partial charge in [0.05, 0.1) is 11.7 Å². The largest absolute Gasteiger partial charge is 0.298 e. The molecule has 130 valence electrons. The van der Waals surface area contributed by atoms with Crippen molar-refractivity contribution in [1.29, 1.82) is 0 Å². The van der Waals surface area contributed by atoms with Crippen LogP contribution in [0.25, 0.3) is 11.0 Å². The first-order valence-electron chi connectivity index (χ1n) is 8.62. The fourth-order valence-corrected chi connectivity index (χ4v) is 6.06. The molecule has 1 aromatic carbocycles. The van der Waals surface area contributed by atoms with Crippen LogP contribution in [0.4, 0.5) is 0 Å². The molecule has 8 heteroatoms. The predicted octanol–water partition coefficient (Wildman–Crippen LogP) is 2.33. The molecule has 0 bridgehead atoms. The van der Waals surface area contributed by atoms with Gasteiger partial charge in [0.15, 0.2) is 0 Å². The fraction of sp³-hybridized carbons (Fsp3) is 0.625. The van der Waals surface area contributed by atoms with Crippen molar-refractivity contribution in [3.05, 3.63) is 18.2 Å². The number of aromatic nitrogens is 2. The maximum absolute atomic E-state index is 13.0. The molecular weight excluding hydrogens is 344 g/mol. The SMILES string of the molecule is O=S(=O)(c1cccc2nsnc12)N1CCN(C2CCCCC2)CC1. The van der Waals surface area contributed by atoms with Crippen molar-refractivity contribution in [2.75, 3.05) is 26.2 Å². The third kappa shape index (κ3) is 2.96. The third-order valence-electron chi connectivity index (χ3n) is 5.23. The summed E-state index contributed by atoms with van der Waals surface area (Å²) in [6.07, 6.45) is 6.48. The van der Waals surface area contributed by atoms with Crippen LogP contribution >= 0.6 is 11.7 Å². The Kier molecular flexibility index (Phi) is 4.55. The van der Waals surface area contributed by atoms with E-state index in [2.05, 4.69) is 13.6 Å². The van der Waals surface area contributed by atoms with Gasteiger partial charge in [-0.25, -0.2) is 8.42 Å². The normalized spacial score (nSPS) is 22.2. The van der Waals surface area contributed by atoms with Crippen molar-refractivity contribution in [3.63, 3.8) is 0 Å². The van der Waals surface area contributed by atoms with E-state index in [9.17, 15) is 8.42 Å². The van der Waals surface area contributed by atoms with Gasteiger partial charge in [0, 0.05) is 32.2 Å². The molecule has 2 fully saturated rings. The lowest BCUT2D eigenvalue weighted by Crippen LogP contribution is -2.52. The summed E-state index contributed by atoms with van der Waals surface area (Å²) < 4.78 is 36.0. The Morgan fingerprint density at radius 2 is 1.75 bits per heavy atom. The molecule has 0 radical (unpaired) electrons. The van der Waals surface area contributed by atoms with Crippen LogP contribution in [0.5, 0.6) is 0 Å². The van der Waals surface area contributed by atoms with Gasteiger partial charge < -0.3 is 0 Å². The Bertz CT molecular complexity index is 806. The number of hydrogen-bond acceptors (Lipinski definition) is 6. The van der Waals surface area contributed by atoms with Gasteiger partial charge in [-0.1, -0.05) is 25.3 Å². The average molecular weight is 367 g/mol. The number of benzene rings is 1. The highest BCUT2D eigenvalue weighted by Gasteiger charge is 2.32. The van der Waals surface area contributed by atoms with Crippen LogP contribution in [0.3, 0.4) is 0 Å². The minimum atomic E-state index is -3.50. The number of fused-ring (bicyclic) bond motifs is 1. The molecule has 0 spiro atoms. The fourth-order valence-electron chi connectivity index (χ4n) is 3.88.